The summed E-state index contributed by atoms with van der Waals surface area (Å²) in [5, 5.41) is 0. The molecule has 0 N–H and O–H groups in total. The molecule has 1 heterocycles. The Bertz CT molecular complexity index is 578. The Morgan fingerprint density at radius 3 is 1.88 bits per heavy atom. The number of nitrogens with zero attached hydrogens (tertiary/aromatic N) is 1. The van der Waals surface area contributed by atoms with E-state index in [0.717, 1.165) is 17.9 Å². The van der Waals surface area contributed by atoms with E-state index in [1.807, 2.05) is 0 Å². The molecule has 3 rings (SSSR count). The van der Waals surface area contributed by atoms with Crippen molar-refractivity contribution in [3.05, 3.63) is 35.4 Å². The highest BCUT2D eigenvalue weighted by Crippen LogP contribution is 2.42. The summed E-state index contributed by atoms with van der Waals surface area (Å²) in [6, 6.07) is 10.4. The number of likely N-dealkylation sites (tertiary alicyclic amines) is 1. The zero-order valence-corrected chi connectivity index (χ0v) is 18.3. The van der Waals surface area contributed by atoms with Crippen LogP contribution in [0.15, 0.2) is 24.3 Å². The summed E-state index contributed by atoms with van der Waals surface area (Å²) < 4.78 is 0. The van der Waals surface area contributed by atoms with Gasteiger partial charge in [-0.1, -0.05) is 72.7 Å². The summed E-state index contributed by atoms with van der Waals surface area (Å²) >= 11 is 0. The van der Waals surface area contributed by atoms with Crippen molar-refractivity contribution >= 4 is 0 Å². The first-order chi connectivity index (χ1) is 12.1. The van der Waals surface area contributed by atoms with Gasteiger partial charge in [0.25, 0.3) is 0 Å². The molecule has 2 unspecified atom stereocenters. The van der Waals surface area contributed by atoms with Crippen molar-refractivity contribution in [3.8, 4) is 0 Å². The molecule has 146 valence electrons. The SMILES string of the molecule is CC1CN(C2CCC(C(C)(C)C)CC2)CC1c1ccc(C(C)(C)C)cc1. The minimum absolute atomic E-state index is 0.248. The van der Waals surface area contributed by atoms with Gasteiger partial charge < -0.3 is 0 Å². The van der Waals surface area contributed by atoms with Gasteiger partial charge >= 0.3 is 0 Å². The van der Waals surface area contributed by atoms with Crippen LogP contribution in [-0.4, -0.2) is 24.0 Å². The van der Waals surface area contributed by atoms with Gasteiger partial charge in [-0.05, 0) is 59.5 Å². The standard InChI is InChI=1S/C25H41N/c1-18-16-26(22-14-12-21(13-15-22)25(5,6)7)17-23(18)19-8-10-20(11-9-19)24(2,3)4/h8-11,18,21-23H,12-17H2,1-7H3. The average molecular weight is 356 g/mol. The molecule has 2 aliphatic rings. The molecular formula is C25H41N. The third kappa shape index (κ3) is 4.35. The maximum absolute atomic E-state index is 2.83. The monoisotopic (exact) mass is 355 g/mol. The van der Waals surface area contributed by atoms with Crippen molar-refractivity contribution in [3.63, 3.8) is 0 Å². The number of benzene rings is 1. The molecular weight excluding hydrogens is 314 g/mol. The quantitative estimate of drug-likeness (QED) is 0.576. The van der Waals surface area contributed by atoms with Crippen LogP contribution < -0.4 is 0 Å². The Morgan fingerprint density at radius 2 is 1.38 bits per heavy atom. The normalized spacial score (nSPS) is 31.3. The molecule has 2 atom stereocenters. The van der Waals surface area contributed by atoms with E-state index in [2.05, 4.69) is 77.6 Å². The zero-order valence-electron chi connectivity index (χ0n) is 18.3. The lowest BCUT2D eigenvalue weighted by atomic mass is 9.71. The maximum Gasteiger partial charge on any atom is 0.00958 e. The highest BCUT2D eigenvalue weighted by molar-refractivity contribution is 5.30. The molecule has 0 bridgehead atoms. The van der Waals surface area contributed by atoms with Gasteiger partial charge in [0, 0.05) is 25.0 Å². The van der Waals surface area contributed by atoms with Crippen LogP contribution >= 0.6 is 0 Å². The van der Waals surface area contributed by atoms with E-state index in [1.54, 1.807) is 5.56 Å². The van der Waals surface area contributed by atoms with E-state index in [1.165, 1.54) is 44.3 Å². The van der Waals surface area contributed by atoms with Crippen LogP contribution in [0.2, 0.25) is 0 Å². The second-order valence-electron chi connectivity index (χ2n) is 11.3. The lowest BCUT2D eigenvalue weighted by molar-refractivity contribution is 0.108. The zero-order chi connectivity index (χ0) is 19.1. The van der Waals surface area contributed by atoms with Crippen LogP contribution in [0.1, 0.15) is 91.2 Å². The second-order valence-corrected chi connectivity index (χ2v) is 11.3. The molecule has 2 fully saturated rings. The van der Waals surface area contributed by atoms with Gasteiger partial charge in [0.1, 0.15) is 0 Å². The predicted molar refractivity (Wildman–Crippen MR) is 114 cm³/mol. The molecule has 1 saturated carbocycles. The van der Waals surface area contributed by atoms with Crippen LogP contribution in [0.3, 0.4) is 0 Å². The maximum atomic E-state index is 2.83. The van der Waals surface area contributed by atoms with Gasteiger partial charge in [-0.3, -0.25) is 4.90 Å². The van der Waals surface area contributed by atoms with E-state index in [0.29, 0.717) is 11.3 Å². The fourth-order valence-corrected chi connectivity index (χ4v) is 5.27. The van der Waals surface area contributed by atoms with Crippen molar-refractivity contribution in [2.75, 3.05) is 13.1 Å². The Kier molecular flexibility index (Phi) is 5.60. The molecule has 1 aliphatic carbocycles. The van der Waals surface area contributed by atoms with Crippen molar-refractivity contribution in [2.45, 2.75) is 91.5 Å². The Balaban J connectivity index is 1.62. The Hall–Kier alpha value is -0.820. The summed E-state index contributed by atoms with van der Waals surface area (Å²) in [7, 11) is 0. The Labute approximate surface area is 162 Å². The van der Waals surface area contributed by atoms with E-state index >= 15 is 0 Å². The second kappa shape index (κ2) is 7.30. The first-order valence-corrected chi connectivity index (χ1v) is 10.9. The molecule has 1 nitrogen and oxygen atoms in total. The van der Waals surface area contributed by atoms with Gasteiger partial charge in [0.15, 0.2) is 0 Å². The lowest BCUT2D eigenvalue weighted by Crippen LogP contribution is -2.38. The number of hydrogen-bond acceptors (Lipinski definition) is 1. The van der Waals surface area contributed by atoms with Crippen molar-refractivity contribution < 1.29 is 0 Å². The molecule has 1 aromatic carbocycles. The molecule has 0 radical (unpaired) electrons. The predicted octanol–water partition coefficient (Wildman–Crippen LogP) is 6.62. The summed E-state index contributed by atoms with van der Waals surface area (Å²) in [6.07, 6.45) is 5.66. The molecule has 1 saturated heterocycles. The van der Waals surface area contributed by atoms with Gasteiger partial charge in [0.2, 0.25) is 0 Å². The molecule has 0 aromatic heterocycles. The smallest absolute Gasteiger partial charge is 0.00958 e. The van der Waals surface area contributed by atoms with E-state index in [-0.39, 0.29) is 5.41 Å². The lowest BCUT2D eigenvalue weighted by Gasteiger charge is -2.40. The van der Waals surface area contributed by atoms with Crippen LogP contribution in [-0.2, 0) is 5.41 Å². The van der Waals surface area contributed by atoms with Crippen LogP contribution in [0.4, 0.5) is 0 Å². The van der Waals surface area contributed by atoms with Crippen LogP contribution in [0.25, 0.3) is 0 Å². The third-order valence-corrected chi connectivity index (χ3v) is 7.28. The topological polar surface area (TPSA) is 3.24 Å². The van der Waals surface area contributed by atoms with Gasteiger partial charge in [0.05, 0.1) is 0 Å². The fraction of sp³-hybridized carbons (Fsp3) is 0.760. The van der Waals surface area contributed by atoms with Crippen molar-refractivity contribution in [1.29, 1.82) is 0 Å². The first-order valence-electron chi connectivity index (χ1n) is 10.9. The summed E-state index contributed by atoms with van der Waals surface area (Å²) in [5.41, 5.74) is 3.73. The third-order valence-electron chi connectivity index (χ3n) is 7.28. The van der Waals surface area contributed by atoms with E-state index in [9.17, 15) is 0 Å². The van der Waals surface area contributed by atoms with Crippen LogP contribution in [0, 0.1) is 17.3 Å². The van der Waals surface area contributed by atoms with E-state index < -0.39 is 0 Å². The highest BCUT2D eigenvalue weighted by Gasteiger charge is 2.37. The molecule has 1 aliphatic heterocycles. The van der Waals surface area contributed by atoms with Crippen LogP contribution in [0.5, 0.6) is 0 Å². The molecule has 1 heteroatoms. The van der Waals surface area contributed by atoms with Gasteiger partial charge in [-0.2, -0.15) is 0 Å². The summed E-state index contributed by atoms with van der Waals surface area (Å²) in [6.45, 7) is 19.2. The summed E-state index contributed by atoms with van der Waals surface area (Å²) in [4.78, 5) is 2.83. The number of rotatable bonds is 2. The molecule has 1 aromatic rings. The van der Waals surface area contributed by atoms with Gasteiger partial charge in [-0.25, -0.2) is 0 Å². The fourth-order valence-electron chi connectivity index (χ4n) is 5.27. The molecule has 0 amide bonds. The van der Waals surface area contributed by atoms with Crippen molar-refractivity contribution in [2.24, 2.45) is 17.3 Å². The van der Waals surface area contributed by atoms with Gasteiger partial charge in [-0.15, -0.1) is 0 Å². The number of hydrogen-bond donors (Lipinski definition) is 0. The Morgan fingerprint density at radius 1 is 0.808 bits per heavy atom. The minimum atomic E-state index is 0.248. The minimum Gasteiger partial charge on any atom is -0.299 e. The van der Waals surface area contributed by atoms with E-state index in [4.69, 9.17) is 0 Å². The highest BCUT2D eigenvalue weighted by atomic mass is 15.2. The first kappa shape index (κ1) is 19.9. The average Bonchev–Trinajstić information content (AvgIpc) is 2.95. The van der Waals surface area contributed by atoms with Crippen molar-refractivity contribution in [1.82, 2.24) is 4.90 Å². The molecule has 26 heavy (non-hydrogen) atoms. The molecule has 0 spiro atoms. The largest absolute Gasteiger partial charge is 0.299 e. The summed E-state index contributed by atoms with van der Waals surface area (Å²) in [5.74, 6) is 2.40.